The van der Waals surface area contributed by atoms with Crippen molar-refractivity contribution < 1.29 is 22.0 Å². The Bertz CT molecular complexity index is 613. The van der Waals surface area contributed by atoms with Crippen LogP contribution in [0.3, 0.4) is 0 Å². The highest BCUT2D eigenvalue weighted by molar-refractivity contribution is 7.91. The Kier molecular flexibility index (Phi) is 3.94. The van der Waals surface area contributed by atoms with Gasteiger partial charge in [-0.1, -0.05) is 0 Å². The molecule has 0 aliphatic carbocycles. The SMILES string of the molecule is CN(C(=O)Nc1cc(F)cc(F)c1)C1CCS(=O)(=O)C1. The van der Waals surface area contributed by atoms with Gasteiger partial charge in [-0.05, 0) is 18.6 Å². The van der Waals surface area contributed by atoms with Crippen LogP contribution in [0.25, 0.3) is 0 Å². The summed E-state index contributed by atoms with van der Waals surface area (Å²) in [6, 6.07) is 1.65. The van der Waals surface area contributed by atoms with Crippen molar-refractivity contribution in [3.63, 3.8) is 0 Å². The Hall–Kier alpha value is -1.70. The van der Waals surface area contributed by atoms with Crippen molar-refractivity contribution in [1.82, 2.24) is 4.90 Å². The molecular formula is C12H14F2N2O3S. The van der Waals surface area contributed by atoms with Gasteiger partial charge in [0.15, 0.2) is 9.84 Å². The van der Waals surface area contributed by atoms with E-state index in [2.05, 4.69) is 5.32 Å². The number of anilines is 1. The molecule has 8 heteroatoms. The third-order valence-corrected chi connectivity index (χ3v) is 4.94. The molecule has 1 N–H and O–H groups in total. The molecule has 0 saturated carbocycles. The van der Waals surface area contributed by atoms with Gasteiger partial charge in [0.1, 0.15) is 11.6 Å². The molecule has 1 saturated heterocycles. The van der Waals surface area contributed by atoms with Gasteiger partial charge in [0.25, 0.3) is 0 Å². The van der Waals surface area contributed by atoms with Crippen LogP contribution in [-0.2, 0) is 9.84 Å². The fraction of sp³-hybridized carbons (Fsp3) is 0.417. The maximum absolute atomic E-state index is 13.0. The molecule has 5 nitrogen and oxygen atoms in total. The molecule has 1 fully saturated rings. The summed E-state index contributed by atoms with van der Waals surface area (Å²) >= 11 is 0. The van der Waals surface area contributed by atoms with Gasteiger partial charge >= 0.3 is 6.03 Å². The highest BCUT2D eigenvalue weighted by Crippen LogP contribution is 2.18. The number of benzene rings is 1. The van der Waals surface area contributed by atoms with Crippen LogP contribution in [0.15, 0.2) is 18.2 Å². The lowest BCUT2D eigenvalue weighted by Crippen LogP contribution is -2.40. The first-order chi connectivity index (χ1) is 9.27. The van der Waals surface area contributed by atoms with E-state index in [1.165, 1.54) is 11.9 Å². The summed E-state index contributed by atoms with van der Waals surface area (Å²) in [4.78, 5) is 13.2. The molecule has 2 amide bonds. The van der Waals surface area contributed by atoms with Crippen LogP contribution in [0.4, 0.5) is 19.3 Å². The van der Waals surface area contributed by atoms with Gasteiger partial charge in [0, 0.05) is 24.8 Å². The Labute approximate surface area is 115 Å². The zero-order valence-electron chi connectivity index (χ0n) is 10.8. The van der Waals surface area contributed by atoms with Gasteiger partial charge in [-0.3, -0.25) is 0 Å². The Morgan fingerprint density at radius 3 is 2.40 bits per heavy atom. The first-order valence-electron chi connectivity index (χ1n) is 5.97. The molecular weight excluding hydrogens is 290 g/mol. The number of hydrogen-bond donors (Lipinski definition) is 1. The van der Waals surface area contributed by atoms with E-state index in [0.717, 1.165) is 12.1 Å². The third kappa shape index (κ3) is 3.44. The summed E-state index contributed by atoms with van der Waals surface area (Å²) in [5, 5.41) is 2.34. The van der Waals surface area contributed by atoms with E-state index in [1.54, 1.807) is 0 Å². The number of amides is 2. The van der Waals surface area contributed by atoms with Crippen LogP contribution >= 0.6 is 0 Å². The summed E-state index contributed by atoms with van der Waals surface area (Å²) in [7, 11) is -1.65. The van der Waals surface area contributed by atoms with Crippen LogP contribution in [0.2, 0.25) is 0 Å². The van der Waals surface area contributed by atoms with Crippen LogP contribution in [0.5, 0.6) is 0 Å². The number of hydrogen-bond acceptors (Lipinski definition) is 3. The lowest BCUT2D eigenvalue weighted by molar-refractivity contribution is 0.209. The smallest absolute Gasteiger partial charge is 0.321 e. The number of urea groups is 1. The topological polar surface area (TPSA) is 66.5 Å². The molecule has 0 radical (unpaired) electrons. The minimum Gasteiger partial charge on any atom is -0.324 e. The highest BCUT2D eigenvalue weighted by Gasteiger charge is 2.32. The van der Waals surface area contributed by atoms with Gasteiger partial charge in [-0.25, -0.2) is 22.0 Å². The third-order valence-electron chi connectivity index (χ3n) is 3.19. The molecule has 1 aliphatic rings. The van der Waals surface area contributed by atoms with Gasteiger partial charge in [-0.2, -0.15) is 0 Å². The molecule has 1 aromatic rings. The Morgan fingerprint density at radius 2 is 1.90 bits per heavy atom. The van der Waals surface area contributed by atoms with E-state index in [-0.39, 0.29) is 17.2 Å². The fourth-order valence-corrected chi connectivity index (χ4v) is 3.86. The van der Waals surface area contributed by atoms with Crippen molar-refractivity contribution in [2.75, 3.05) is 23.9 Å². The lowest BCUT2D eigenvalue weighted by atomic mass is 10.2. The second kappa shape index (κ2) is 5.35. The van der Waals surface area contributed by atoms with Gasteiger partial charge in [0.05, 0.1) is 11.5 Å². The first-order valence-corrected chi connectivity index (χ1v) is 7.79. The molecule has 110 valence electrons. The quantitative estimate of drug-likeness (QED) is 0.903. The number of carbonyl (C=O) groups is 1. The monoisotopic (exact) mass is 304 g/mol. The molecule has 1 aromatic carbocycles. The molecule has 0 spiro atoms. The zero-order chi connectivity index (χ0) is 14.9. The lowest BCUT2D eigenvalue weighted by Gasteiger charge is -2.23. The van der Waals surface area contributed by atoms with Crippen molar-refractivity contribution in [1.29, 1.82) is 0 Å². The predicted molar refractivity (Wildman–Crippen MR) is 70.2 cm³/mol. The van der Waals surface area contributed by atoms with Gasteiger partial charge in [0.2, 0.25) is 0 Å². The van der Waals surface area contributed by atoms with Crippen molar-refractivity contribution in [2.45, 2.75) is 12.5 Å². The molecule has 2 rings (SSSR count). The maximum atomic E-state index is 13.0. The number of nitrogens with zero attached hydrogens (tertiary/aromatic N) is 1. The van der Waals surface area contributed by atoms with Gasteiger partial charge < -0.3 is 10.2 Å². The average molecular weight is 304 g/mol. The molecule has 0 bridgehead atoms. The Morgan fingerprint density at radius 1 is 1.30 bits per heavy atom. The number of carbonyl (C=O) groups excluding carboxylic acids is 1. The first kappa shape index (κ1) is 14.7. The summed E-state index contributed by atoms with van der Waals surface area (Å²) in [5.41, 5.74) is -0.0137. The minimum absolute atomic E-state index is 0.0137. The summed E-state index contributed by atoms with van der Waals surface area (Å²) in [6.07, 6.45) is 0.365. The van der Waals surface area contributed by atoms with Crippen molar-refractivity contribution in [3.8, 4) is 0 Å². The van der Waals surface area contributed by atoms with Crippen LogP contribution in [-0.4, -0.2) is 43.9 Å². The normalized spacial score (nSPS) is 20.6. The molecule has 20 heavy (non-hydrogen) atoms. The standard InChI is InChI=1S/C12H14F2N2O3S/c1-16(11-2-3-20(18,19)7-11)12(17)15-10-5-8(13)4-9(14)6-10/h4-6,11H,2-3,7H2,1H3,(H,15,17). The van der Waals surface area contributed by atoms with E-state index < -0.39 is 33.5 Å². The number of rotatable bonds is 2. The molecule has 1 unspecified atom stereocenters. The molecule has 1 aliphatic heterocycles. The van der Waals surface area contributed by atoms with E-state index in [1.807, 2.05) is 0 Å². The maximum Gasteiger partial charge on any atom is 0.321 e. The fourth-order valence-electron chi connectivity index (χ4n) is 2.08. The second-order valence-electron chi connectivity index (χ2n) is 4.76. The van der Waals surface area contributed by atoms with Crippen molar-refractivity contribution >= 4 is 21.6 Å². The summed E-state index contributed by atoms with van der Waals surface area (Å²) < 4.78 is 48.7. The minimum atomic E-state index is -3.10. The van der Waals surface area contributed by atoms with Crippen LogP contribution in [0.1, 0.15) is 6.42 Å². The zero-order valence-corrected chi connectivity index (χ0v) is 11.6. The summed E-state index contributed by atoms with van der Waals surface area (Å²) in [5.74, 6) is -1.64. The number of halogens is 2. The Balaban J connectivity index is 2.04. The van der Waals surface area contributed by atoms with Crippen LogP contribution < -0.4 is 5.32 Å². The number of nitrogens with one attached hydrogen (secondary N) is 1. The molecule has 1 atom stereocenters. The van der Waals surface area contributed by atoms with Crippen molar-refractivity contribution in [2.24, 2.45) is 0 Å². The highest BCUT2D eigenvalue weighted by atomic mass is 32.2. The number of sulfone groups is 1. The van der Waals surface area contributed by atoms with E-state index in [0.29, 0.717) is 12.5 Å². The average Bonchev–Trinajstić information content (AvgIpc) is 2.67. The molecule has 1 heterocycles. The van der Waals surface area contributed by atoms with Crippen LogP contribution in [0, 0.1) is 11.6 Å². The van der Waals surface area contributed by atoms with E-state index in [9.17, 15) is 22.0 Å². The predicted octanol–water partition coefficient (Wildman–Crippen LogP) is 1.62. The van der Waals surface area contributed by atoms with Gasteiger partial charge in [-0.15, -0.1) is 0 Å². The second-order valence-corrected chi connectivity index (χ2v) is 6.98. The summed E-state index contributed by atoms with van der Waals surface area (Å²) in [6.45, 7) is 0. The molecule has 0 aromatic heterocycles. The van der Waals surface area contributed by atoms with E-state index >= 15 is 0 Å². The largest absolute Gasteiger partial charge is 0.324 e. The van der Waals surface area contributed by atoms with E-state index in [4.69, 9.17) is 0 Å². The van der Waals surface area contributed by atoms with Crippen molar-refractivity contribution in [3.05, 3.63) is 29.8 Å².